The zero-order chi connectivity index (χ0) is 20.2. The molecule has 0 spiro atoms. The van der Waals surface area contributed by atoms with E-state index in [9.17, 15) is 0 Å². The molecule has 1 aliphatic rings. The number of halogens is 1. The lowest BCUT2D eigenvalue weighted by molar-refractivity contribution is -0.662. The molecule has 0 aliphatic carbocycles. The van der Waals surface area contributed by atoms with Crippen LogP contribution in [0.2, 0.25) is 0 Å². The van der Waals surface area contributed by atoms with Crippen molar-refractivity contribution in [3.63, 3.8) is 0 Å². The van der Waals surface area contributed by atoms with E-state index < -0.39 is 0 Å². The molecule has 31 heavy (non-hydrogen) atoms. The van der Waals surface area contributed by atoms with E-state index in [0.29, 0.717) is 0 Å². The molecule has 1 aromatic heterocycles. The van der Waals surface area contributed by atoms with Gasteiger partial charge in [-0.3, -0.25) is 0 Å². The van der Waals surface area contributed by atoms with Crippen LogP contribution in [-0.2, 0) is 6.54 Å². The second-order valence-electron chi connectivity index (χ2n) is 8.31. The molecule has 0 atom stereocenters. The molecule has 1 fully saturated rings. The average Bonchev–Trinajstić information content (AvgIpc) is 3.10. The predicted molar refractivity (Wildman–Crippen MR) is 126 cm³/mol. The predicted octanol–water partition coefficient (Wildman–Crippen LogP) is 3.23. The van der Waals surface area contributed by atoms with Gasteiger partial charge in [-0.25, -0.2) is 0 Å². The Labute approximate surface area is 195 Å². The van der Waals surface area contributed by atoms with Gasteiger partial charge in [0.2, 0.25) is 5.52 Å². The maximum atomic E-state index is 2.59. The fraction of sp³-hybridized carbons (Fsp3) is 0.250. The van der Waals surface area contributed by atoms with Crippen molar-refractivity contribution in [2.75, 3.05) is 18.0 Å². The van der Waals surface area contributed by atoms with Gasteiger partial charge in [0.15, 0.2) is 12.7 Å². The molecule has 0 radical (unpaired) electrons. The van der Waals surface area contributed by atoms with E-state index in [4.69, 9.17) is 0 Å². The Balaban J connectivity index is 0.00000231. The summed E-state index contributed by atoms with van der Waals surface area (Å²) in [5, 5.41) is 1.36. The molecule has 3 aromatic carbocycles. The van der Waals surface area contributed by atoms with Crippen LogP contribution in [0.4, 0.5) is 5.69 Å². The smallest absolute Gasteiger partial charge is 0.214 e. The van der Waals surface area contributed by atoms with Crippen molar-refractivity contribution in [1.82, 2.24) is 0 Å². The third-order valence-corrected chi connectivity index (χ3v) is 6.26. The van der Waals surface area contributed by atoms with Crippen molar-refractivity contribution in [3.05, 3.63) is 96.7 Å². The first-order valence-electron chi connectivity index (χ1n) is 11.2. The van der Waals surface area contributed by atoms with Gasteiger partial charge in [-0.2, -0.15) is 4.57 Å². The lowest BCUT2D eigenvalue weighted by atomic mass is 10.0. The largest absolute Gasteiger partial charge is 1.00 e. The topological polar surface area (TPSA) is 7.12 Å². The van der Waals surface area contributed by atoms with Gasteiger partial charge in [0.05, 0.1) is 11.1 Å². The molecule has 0 amide bonds. The molecule has 2 nitrogen and oxygen atoms in total. The Morgan fingerprint density at radius 3 is 2.03 bits per heavy atom. The number of rotatable bonds is 4. The monoisotopic (exact) mass is 472 g/mol. The van der Waals surface area contributed by atoms with Crippen LogP contribution in [0.25, 0.3) is 22.0 Å². The molecule has 5 rings (SSSR count). The summed E-state index contributed by atoms with van der Waals surface area (Å²) >= 11 is 0. The van der Waals surface area contributed by atoms with Crippen molar-refractivity contribution < 1.29 is 21.5 Å². The van der Waals surface area contributed by atoms with E-state index in [2.05, 4.69) is 101 Å². The van der Waals surface area contributed by atoms with Gasteiger partial charge in [0, 0.05) is 30.8 Å². The van der Waals surface area contributed by atoms with Crippen LogP contribution in [-0.4, -0.2) is 13.1 Å². The van der Waals surface area contributed by atoms with Crippen LogP contribution >= 0.6 is 0 Å². The van der Waals surface area contributed by atoms with Crippen molar-refractivity contribution in [1.29, 1.82) is 0 Å². The highest BCUT2D eigenvalue weighted by Gasteiger charge is 2.18. The Bertz CT molecular complexity index is 1110. The Morgan fingerprint density at radius 2 is 1.29 bits per heavy atom. The average molecular weight is 473 g/mol. The zero-order valence-corrected chi connectivity index (χ0v) is 19.5. The minimum atomic E-state index is 0. The molecular formula is C28H29BrN2. The fourth-order valence-electron chi connectivity index (χ4n) is 4.63. The first-order chi connectivity index (χ1) is 14.9. The van der Waals surface area contributed by atoms with E-state index in [1.807, 2.05) is 0 Å². The van der Waals surface area contributed by atoms with E-state index in [-0.39, 0.29) is 17.0 Å². The van der Waals surface area contributed by atoms with Crippen LogP contribution in [0.1, 0.15) is 31.2 Å². The second-order valence-corrected chi connectivity index (χ2v) is 8.31. The van der Waals surface area contributed by atoms with Crippen LogP contribution in [0.3, 0.4) is 0 Å². The summed E-state index contributed by atoms with van der Waals surface area (Å²) in [5.74, 6) is 0. The number of anilines is 1. The van der Waals surface area contributed by atoms with Gasteiger partial charge in [0.25, 0.3) is 0 Å². The number of pyridine rings is 1. The van der Waals surface area contributed by atoms with Gasteiger partial charge in [0.1, 0.15) is 0 Å². The minimum Gasteiger partial charge on any atom is -1.00 e. The lowest BCUT2D eigenvalue weighted by Gasteiger charge is -2.23. The summed E-state index contributed by atoms with van der Waals surface area (Å²) < 4.78 is 2.38. The first-order valence-corrected chi connectivity index (χ1v) is 11.2. The summed E-state index contributed by atoms with van der Waals surface area (Å²) in [6.45, 7) is 3.24. The molecule has 0 saturated carbocycles. The number of fused-ring (bicyclic) bond motifs is 1. The summed E-state index contributed by atoms with van der Waals surface area (Å²) in [6.07, 6.45) is 7.60. The van der Waals surface area contributed by atoms with Gasteiger partial charge in [-0.15, -0.1) is 0 Å². The van der Waals surface area contributed by atoms with Crippen molar-refractivity contribution in [2.45, 2.75) is 32.2 Å². The first kappa shape index (κ1) is 21.6. The maximum Gasteiger partial charge on any atom is 0.214 e. The van der Waals surface area contributed by atoms with Crippen molar-refractivity contribution >= 4 is 16.6 Å². The highest BCUT2D eigenvalue weighted by molar-refractivity contribution is 5.89. The van der Waals surface area contributed by atoms with Crippen LogP contribution in [0.5, 0.6) is 0 Å². The number of hydrogen-bond donors (Lipinski definition) is 0. The van der Waals surface area contributed by atoms with Crippen molar-refractivity contribution in [2.24, 2.45) is 0 Å². The van der Waals surface area contributed by atoms with Gasteiger partial charge >= 0.3 is 0 Å². The van der Waals surface area contributed by atoms with E-state index >= 15 is 0 Å². The number of aromatic nitrogens is 1. The Morgan fingerprint density at radius 1 is 0.645 bits per heavy atom. The highest BCUT2D eigenvalue weighted by Crippen LogP contribution is 2.27. The molecule has 0 N–H and O–H groups in total. The van der Waals surface area contributed by atoms with E-state index in [1.165, 1.54) is 72.1 Å². The lowest BCUT2D eigenvalue weighted by Crippen LogP contribution is -3.00. The number of para-hydroxylation sites is 1. The summed E-state index contributed by atoms with van der Waals surface area (Å²) in [7, 11) is 0. The van der Waals surface area contributed by atoms with Crippen molar-refractivity contribution in [3.8, 4) is 11.1 Å². The number of hydrogen-bond acceptors (Lipinski definition) is 1. The Kier molecular flexibility index (Phi) is 7.03. The molecule has 3 heteroatoms. The van der Waals surface area contributed by atoms with Gasteiger partial charge < -0.3 is 21.9 Å². The second kappa shape index (κ2) is 10.1. The molecule has 0 bridgehead atoms. The minimum absolute atomic E-state index is 0. The number of benzene rings is 3. The quantitative estimate of drug-likeness (QED) is 0.413. The van der Waals surface area contributed by atoms with Crippen LogP contribution in [0.15, 0.2) is 91.1 Å². The molecule has 158 valence electrons. The van der Waals surface area contributed by atoms with E-state index in [1.54, 1.807) is 0 Å². The third kappa shape index (κ3) is 4.83. The van der Waals surface area contributed by atoms with Crippen LogP contribution < -0.4 is 26.4 Å². The SMILES string of the molecule is [Br-].c1ccc(-c2ccc(C[n+]3ccc(N4CCCCCC4)c4ccccc43)cc2)cc1. The molecule has 2 heterocycles. The molecule has 0 unspecified atom stereocenters. The molecular weight excluding hydrogens is 444 g/mol. The van der Waals surface area contributed by atoms with Crippen LogP contribution in [0, 0.1) is 0 Å². The molecule has 1 saturated heterocycles. The standard InChI is InChI=1S/C28H29N2.BrH/c1-2-9-20-29(19-8-1)28-18-21-30(27-13-7-6-12-26(27)28)22-23-14-16-25(17-15-23)24-10-4-3-5-11-24;/h3-7,10-18,21H,1-2,8-9,19-20,22H2;1H/q+1;/p-1. The van der Waals surface area contributed by atoms with Gasteiger partial charge in [-0.1, -0.05) is 79.6 Å². The third-order valence-electron chi connectivity index (χ3n) is 6.26. The summed E-state index contributed by atoms with van der Waals surface area (Å²) in [6, 6.07) is 30.8. The molecule has 4 aromatic rings. The fourth-order valence-corrected chi connectivity index (χ4v) is 4.63. The highest BCUT2D eigenvalue weighted by atomic mass is 79.9. The maximum absolute atomic E-state index is 2.59. The summed E-state index contributed by atoms with van der Waals surface area (Å²) in [4.78, 5) is 2.59. The normalized spacial score (nSPS) is 14.1. The molecule has 1 aliphatic heterocycles. The Hall–Kier alpha value is -2.65. The zero-order valence-electron chi connectivity index (χ0n) is 17.9. The van der Waals surface area contributed by atoms with E-state index in [0.717, 1.165) is 6.54 Å². The van der Waals surface area contributed by atoms with Gasteiger partial charge in [-0.05, 0) is 30.0 Å². The number of nitrogens with zero attached hydrogens (tertiary/aromatic N) is 2. The summed E-state index contributed by atoms with van der Waals surface area (Å²) in [5.41, 5.74) is 6.57.